The van der Waals surface area contributed by atoms with Crippen molar-refractivity contribution in [3.8, 4) is 11.3 Å². The molecule has 0 unspecified atom stereocenters. The number of aliphatic hydroxyl groups excluding tert-OH is 2. The van der Waals surface area contributed by atoms with Gasteiger partial charge in [0.1, 0.15) is 0 Å². The Morgan fingerprint density at radius 1 is 1.20 bits per heavy atom. The number of aromatic nitrogens is 1. The largest absolute Gasteiger partial charge is 0.439 e. The molecule has 5 nitrogen and oxygen atoms in total. The van der Waals surface area contributed by atoms with Crippen LogP contribution in [-0.4, -0.2) is 46.4 Å². The van der Waals surface area contributed by atoms with Crippen molar-refractivity contribution < 1.29 is 14.6 Å². The summed E-state index contributed by atoms with van der Waals surface area (Å²) in [6.07, 6.45) is 1.65. The summed E-state index contributed by atoms with van der Waals surface area (Å²) in [5, 5.41) is 18.6. The molecule has 6 heteroatoms. The molecule has 0 atom stereocenters. The minimum atomic E-state index is 0.0296. The molecule has 0 spiro atoms. The fourth-order valence-electron chi connectivity index (χ4n) is 1.90. The molecule has 0 aliphatic carbocycles. The third-order valence-electron chi connectivity index (χ3n) is 2.85. The second-order valence-corrected chi connectivity index (χ2v) is 4.79. The number of hydrogen-bond acceptors (Lipinski definition) is 5. The van der Waals surface area contributed by atoms with Gasteiger partial charge in [-0.05, 0) is 12.1 Å². The Kier molecular flexibility index (Phi) is 5.55. The lowest BCUT2D eigenvalue weighted by Gasteiger charge is -2.17. The minimum Gasteiger partial charge on any atom is -0.439 e. The second kappa shape index (κ2) is 7.40. The molecule has 1 aromatic carbocycles. The molecule has 0 aliphatic heterocycles. The molecule has 0 saturated heterocycles. The number of nitrogens with zero attached hydrogens (tertiary/aromatic N) is 2. The number of halogens is 1. The molecular weight excluding hydrogens is 280 g/mol. The van der Waals surface area contributed by atoms with Crippen molar-refractivity contribution in [1.29, 1.82) is 0 Å². The first-order valence-corrected chi connectivity index (χ1v) is 6.75. The third kappa shape index (κ3) is 4.05. The van der Waals surface area contributed by atoms with Crippen LogP contribution in [0.25, 0.3) is 11.3 Å². The molecule has 20 heavy (non-hydrogen) atoms. The van der Waals surface area contributed by atoms with Crippen LogP contribution in [0.15, 0.2) is 34.9 Å². The van der Waals surface area contributed by atoms with E-state index in [0.29, 0.717) is 36.3 Å². The summed E-state index contributed by atoms with van der Waals surface area (Å²) >= 11 is 5.94. The third-order valence-corrected chi connectivity index (χ3v) is 3.09. The van der Waals surface area contributed by atoms with Crippen LogP contribution in [0.4, 0.5) is 0 Å². The molecule has 0 aliphatic rings. The van der Waals surface area contributed by atoms with E-state index >= 15 is 0 Å². The Balaban J connectivity index is 2.08. The van der Waals surface area contributed by atoms with E-state index in [1.165, 1.54) is 0 Å². The van der Waals surface area contributed by atoms with Gasteiger partial charge in [0.15, 0.2) is 5.76 Å². The van der Waals surface area contributed by atoms with Crippen molar-refractivity contribution in [1.82, 2.24) is 9.88 Å². The first-order valence-electron chi connectivity index (χ1n) is 6.37. The van der Waals surface area contributed by atoms with E-state index in [4.69, 9.17) is 26.2 Å². The molecule has 1 heterocycles. The van der Waals surface area contributed by atoms with Crippen LogP contribution >= 0.6 is 11.6 Å². The van der Waals surface area contributed by atoms with Gasteiger partial charge in [-0.2, -0.15) is 0 Å². The SMILES string of the molecule is OCCN(CCO)Cc1ncc(-c2cccc(Cl)c2)o1. The summed E-state index contributed by atoms with van der Waals surface area (Å²) in [6, 6.07) is 7.36. The highest BCUT2D eigenvalue weighted by atomic mass is 35.5. The average molecular weight is 297 g/mol. The van der Waals surface area contributed by atoms with Gasteiger partial charge >= 0.3 is 0 Å². The Bertz CT molecular complexity index is 539. The van der Waals surface area contributed by atoms with Crippen LogP contribution in [0.5, 0.6) is 0 Å². The molecule has 2 aromatic rings. The highest BCUT2D eigenvalue weighted by Crippen LogP contribution is 2.23. The van der Waals surface area contributed by atoms with Crippen LogP contribution in [0.1, 0.15) is 5.89 Å². The van der Waals surface area contributed by atoms with Gasteiger partial charge in [-0.15, -0.1) is 0 Å². The zero-order chi connectivity index (χ0) is 14.4. The Labute approximate surface area is 122 Å². The van der Waals surface area contributed by atoms with Crippen LogP contribution in [-0.2, 0) is 6.54 Å². The van der Waals surface area contributed by atoms with E-state index in [1.807, 2.05) is 23.1 Å². The average Bonchev–Trinajstić information content (AvgIpc) is 2.88. The van der Waals surface area contributed by atoms with Crippen LogP contribution < -0.4 is 0 Å². The van der Waals surface area contributed by atoms with E-state index in [-0.39, 0.29) is 13.2 Å². The van der Waals surface area contributed by atoms with Crippen molar-refractivity contribution in [2.45, 2.75) is 6.54 Å². The van der Waals surface area contributed by atoms with Gasteiger partial charge in [0.05, 0.1) is 26.0 Å². The molecule has 1 aromatic heterocycles. The Hall–Kier alpha value is -1.40. The summed E-state index contributed by atoms with van der Waals surface area (Å²) in [4.78, 5) is 6.08. The number of oxazole rings is 1. The molecule has 0 saturated carbocycles. The summed E-state index contributed by atoms with van der Waals surface area (Å²) < 4.78 is 5.67. The quantitative estimate of drug-likeness (QED) is 0.815. The van der Waals surface area contributed by atoms with Crippen LogP contribution in [0, 0.1) is 0 Å². The van der Waals surface area contributed by atoms with Crippen molar-refractivity contribution in [2.24, 2.45) is 0 Å². The predicted octanol–water partition coefficient (Wildman–Crippen LogP) is 1.78. The van der Waals surface area contributed by atoms with Crippen LogP contribution in [0.2, 0.25) is 5.02 Å². The summed E-state index contributed by atoms with van der Waals surface area (Å²) in [7, 11) is 0. The zero-order valence-corrected chi connectivity index (χ0v) is 11.8. The normalized spacial score (nSPS) is 11.2. The van der Waals surface area contributed by atoms with Crippen molar-refractivity contribution in [3.63, 3.8) is 0 Å². The number of benzene rings is 1. The Morgan fingerprint density at radius 2 is 1.95 bits per heavy atom. The van der Waals surface area contributed by atoms with Gasteiger partial charge in [0.25, 0.3) is 0 Å². The second-order valence-electron chi connectivity index (χ2n) is 4.35. The van der Waals surface area contributed by atoms with Crippen molar-refractivity contribution >= 4 is 11.6 Å². The van der Waals surface area contributed by atoms with E-state index in [9.17, 15) is 0 Å². The standard InChI is InChI=1S/C14H17ClN2O3/c15-12-3-1-2-11(8-12)13-9-16-14(20-13)10-17(4-6-18)5-7-19/h1-3,8-9,18-19H,4-7,10H2. The minimum absolute atomic E-state index is 0.0296. The fraction of sp³-hybridized carbons (Fsp3) is 0.357. The van der Waals surface area contributed by atoms with E-state index < -0.39 is 0 Å². The van der Waals surface area contributed by atoms with Gasteiger partial charge in [-0.3, -0.25) is 4.90 Å². The van der Waals surface area contributed by atoms with Gasteiger partial charge in [-0.25, -0.2) is 4.98 Å². The highest BCUT2D eigenvalue weighted by Gasteiger charge is 2.11. The topological polar surface area (TPSA) is 69.7 Å². The lowest BCUT2D eigenvalue weighted by atomic mass is 10.2. The van der Waals surface area contributed by atoms with Crippen molar-refractivity contribution in [2.75, 3.05) is 26.3 Å². The van der Waals surface area contributed by atoms with Crippen LogP contribution in [0.3, 0.4) is 0 Å². The maximum atomic E-state index is 8.97. The first-order chi connectivity index (χ1) is 9.72. The summed E-state index contributed by atoms with van der Waals surface area (Å²) in [5.41, 5.74) is 0.868. The van der Waals surface area contributed by atoms with E-state index in [1.54, 1.807) is 12.3 Å². The Morgan fingerprint density at radius 3 is 2.60 bits per heavy atom. The molecule has 108 valence electrons. The van der Waals surface area contributed by atoms with E-state index in [0.717, 1.165) is 5.56 Å². The maximum Gasteiger partial charge on any atom is 0.209 e. The monoisotopic (exact) mass is 296 g/mol. The fourth-order valence-corrected chi connectivity index (χ4v) is 2.09. The number of hydrogen-bond donors (Lipinski definition) is 2. The molecule has 0 radical (unpaired) electrons. The van der Waals surface area contributed by atoms with Gasteiger partial charge in [-0.1, -0.05) is 23.7 Å². The summed E-state index contributed by atoms with van der Waals surface area (Å²) in [5.74, 6) is 1.19. The maximum absolute atomic E-state index is 8.97. The van der Waals surface area contributed by atoms with Gasteiger partial charge in [0.2, 0.25) is 5.89 Å². The lowest BCUT2D eigenvalue weighted by molar-refractivity contribution is 0.147. The smallest absolute Gasteiger partial charge is 0.209 e. The zero-order valence-electron chi connectivity index (χ0n) is 11.0. The molecule has 0 fully saturated rings. The number of aliphatic hydroxyl groups is 2. The molecule has 2 N–H and O–H groups in total. The van der Waals surface area contributed by atoms with Gasteiger partial charge < -0.3 is 14.6 Å². The molecule has 2 rings (SSSR count). The predicted molar refractivity (Wildman–Crippen MR) is 76.4 cm³/mol. The molecule has 0 bridgehead atoms. The first kappa shape index (κ1) is 15.0. The van der Waals surface area contributed by atoms with Crippen molar-refractivity contribution in [3.05, 3.63) is 41.4 Å². The van der Waals surface area contributed by atoms with Gasteiger partial charge in [0, 0.05) is 23.7 Å². The molecular formula is C14H17ClN2O3. The highest BCUT2D eigenvalue weighted by molar-refractivity contribution is 6.30. The van der Waals surface area contributed by atoms with E-state index in [2.05, 4.69) is 4.98 Å². The number of rotatable bonds is 7. The lowest BCUT2D eigenvalue weighted by Crippen LogP contribution is -2.29. The summed E-state index contributed by atoms with van der Waals surface area (Å²) in [6.45, 7) is 1.44. The molecule has 0 amide bonds.